The van der Waals surface area contributed by atoms with Crippen molar-refractivity contribution in [2.45, 2.75) is 438 Å². The summed E-state index contributed by atoms with van der Waals surface area (Å²) < 4.78 is 182. The minimum atomic E-state index is -4.29. The lowest BCUT2D eigenvalue weighted by Crippen LogP contribution is -2.75. The van der Waals surface area contributed by atoms with Crippen molar-refractivity contribution < 1.29 is 107 Å². The van der Waals surface area contributed by atoms with Crippen LogP contribution in [0.2, 0.25) is 438 Å². The first kappa shape index (κ1) is 133. The summed E-state index contributed by atoms with van der Waals surface area (Å²) in [5, 5.41) is 0. The molecule has 0 saturated carbocycles. The van der Waals surface area contributed by atoms with E-state index in [0.29, 0.717) is 0 Å². The van der Waals surface area contributed by atoms with Gasteiger partial charge in [0.1, 0.15) is 0 Å². The molecule has 0 aromatic heterocycles. The van der Waals surface area contributed by atoms with Gasteiger partial charge in [0, 0.05) is 40.8 Å². The molecule has 0 spiro atoms. The summed E-state index contributed by atoms with van der Waals surface area (Å²) in [6.45, 7) is 141. The van der Waals surface area contributed by atoms with Crippen LogP contribution in [0.3, 0.4) is 0 Å². The lowest BCUT2D eigenvalue weighted by atomic mass is 11.7. The molecule has 0 aromatic rings. The zero-order chi connectivity index (χ0) is 100. The number of hydrogen-bond donors (Lipinski definition) is 0. The van der Waals surface area contributed by atoms with Crippen LogP contribution in [0.5, 0.6) is 0 Å². The van der Waals surface area contributed by atoms with Gasteiger partial charge in [-0.2, -0.15) is 0 Å². The fraction of sp³-hybridized carbons (Fsp3) is 1.00. The van der Waals surface area contributed by atoms with Gasteiger partial charge in [0.2, 0.25) is 0 Å². The van der Waals surface area contributed by atoms with E-state index in [1.807, 2.05) is 32.7 Å². The summed E-state index contributed by atoms with van der Waals surface area (Å²) in [7, 11) is -78.8. The van der Waals surface area contributed by atoms with Crippen LogP contribution >= 0.6 is 0 Å². The summed E-state index contributed by atoms with van der Waals surface area (Å²) in [5.41, 5.74) is 0.934. The smallest absolute Gasteiger partial charge is 0.437 e. The average Bonchev–Trinajstić information content (AvgIpc) is 0.749. The van der Waals surface area contributed by atoms with Crippen LogP contribution in [0.15, 0.2) is 0 Å². The van der Waals surface area contributed by atoms with Crippen LogP contribution in [-0.2, 0) is 107 Å². The van der Waals surface area contributed by atoms with E-state index in [-0.39, 0.29) is 0 Å². The van der Waals surface area contributed by atoms with Crippen molar-refractivity contribution in [1.82, 2.24) is 0 Å². The Hall–Kier alpha value is 5.47. The molecule has 744 valence electrons. The highest BCUT2D eigenvalue weighted by Crippen LogP contribution is 2.42. The molecule has 0 aliphatic rings. The topological polar surface area (TPSA) is 240 Å². The molecule has 0 radical (unpaired) electrons. The SMILES string of the molecule is C[Si](C)(C)C[Si](C)(O[Si](C)(C)C)O[Si](C)(O[Si](C)(O[Si](C)(C)C)O[Si](C)(C)C)O[Si](C)(O[Si](C)(C)C)O[Si](C)(C)C.C[Si](C)(C)O[Si](C)(C)O[Si](C)(O[Si](C)(C)O[Si](C)(C)C)O[Si](C)(C)O[Si](C)(C)C.C[Si](C)(C)O[Si](O[Si](C)(C)C)(O[Si](C)(C)C)O[Si](C)(O[Si](O[Si](C)(C)C)(O[Si](C)(C)C)O[Si](C)(C)C)O[Si](O[Si](C)(C)C)(O[Si](C)(C)C)O[Si](C)(C)C. The Morgan fingerprint density at radius 1 is 0.106 bits per heavy atom. The van der Waals surface area contributed by atoms with Gasteiger partial charge in [-0.05, 0) is 385 Å². The maximum atomic E-state index is 7.50. The predicted octanol–water partition coefficient (Wildman–Crippen LogP) is 25.8. The van der Waals surface area contributed by atoms with E-state index >= 15 is 0 Å². The second-order valence-corrected chi connectivity index (χ2v) is 174. The Kier molecular flexibility index (Phi) is 48.7. The predicted molar refractivity (Wildman–Crippen MR) is 593 cm³/mol. The van der Waals surface area contributed by atoms with Gasteiger partial charge in [0.15, 0.2) is 141 Å². The zero-order valence-electron chi connectivity index (χ0n) is 92.3. The van der Waals surface area contributed by atoms with Crippen LogP contribution < -0.4 is 0 Å². The van der Waals surface area contributed by atoms with E-state index in [4.69, 9.17) is 107 Å². The van der Waals surface area contributed by atoms with Crippen molar-refractivity contribution >= 4 is 255 Å². The second kappa shape index (κ2) is 45.2. The number of hydrogen-bond acceptors (Lipinski definition) is 26. The first-order valence-electron chi connectivity index (χ1n) is 44.3. The Morgan fingerprint density at radius 3 is 0.358 bits per heavy atom. The fourth-order valence-corrected chi connectivity index (χ4v) is 135. The van der Waals surface area contributed by atoms with Gasteiger partial charge in [0.05, 0.1) is 0 Å². The Labute approximate surface area is 792 Å². The van der Waals surface area contributed by atoms with E-state index in [1.165, 1.54) is 0 Å². The molecule has 1 unspecified atom stereocenters. The molecule has 0 aromatic carbocycles. The van der Waals surface area contributed by atoms with Crippen LogP contribution in [-0.4, -0.2) is 255 Å². The van der Waals surface area contributed by atoms with Crippen molar-refractivity contribution in [2.75, 3.05) is 0 Å². The molecule has 0 bridgehead atoms. The standard InChI is InChI=1S/C28H84O12Si13.C23H68O8Si10.C16H48O6Si7/c1-41(2,3)29-51(30-42(4,5)6,31-43(7,8)9)38-50(28,39-52(32-44(10,11)12,33-45(13,14)15)34-46(16,17)18)40-53(35-47(19,20)21,36-48(22,23)24)37-49(25,26)27;1-32(2,3)23-38(19,24-33(4,5)6)29-41(22,30-39(20,25-34(7,8)9)26-35(10,11)12)31-40(21,27-36(13,14)15)28-37(16,17)18;1-23(2,3)17-26(10,11)20-29(16,21-27(12,13)18-24(4,5)6)22-28(14,15)19-25(7,8)9/h1-28H3;23H2,1-22H3;1-16H3. The van der Waals surface area contributed by atoms with Crippen molar-refractivity contribution in [1.29, 1.82) is 0 Å². The molecule has 26 nitrogen and oxygen atoms in total. The third-order valence-corrected chi connectivity index (χ3v) is 110. The van der Waals surface area contributed by atoms with Crippen LogP contribution in [0.1, 0.15) is 0 Å². The molecule has 0 aliphatic heterocycles. The third kappa shape index (κ3) is 71.5. The van der Waals surface area contributed by atoms with Crippen molar-refractivity contribution in [3.05, 3.63) is 0 Å². The van der Waals surface area contributed by atoms with Crippen molar-refractivity contribution in [3.8, 4) is 0 Å². The minimum absolute atomic E-state index is 0.934. The maximum absolute atomic E-state index is 7.50. The monoisotopic (exact) mass is 2260 g/mol. The summed E-state index contributed by atoms with van der Waals surface area (Å²) in [6.07, 6.45) is 0. The Morgan fingerprint density at radius 2 is 0.228 bits per heavy atom. The third-order valence-electron chi connectivity index (χ3n) is 12.2. The largest absolute Gasteiger partial charge is 0.640 e. The molecule has 0 amide bonds. The van der Waals surface area contributed by atoms with Gasteiger partial charge in [0.25, 0.3) is 0 Å². The molecule has 56 heteroatoms. The molecule has 0 heterocycles. The van der Waals surface area contributed by atoms with Crippen molar-refractivity contribution in [3.63, 3.8) is 0 Å². The van der Waals surface area contributed by atoms with Gasteiger partial charge in [-0.1, -0.05) is 19.6 Å². The summed E-state index contributed by atoms with van der Waals surface area (Å²) in [4.78, 5) is 0. The molecule has 0 N–H and O–H groups in total. The van der Waals surface area contributed by atoms with Gasteiger partial charge in [-0.15, -0.1) is 0 Å². The number of rotatable bonds is 54. The van der Waals surface area contributed by atoms with Crippen LogP contribution in [0, 0.1) is 0 Å². The molecule has 1 atom stereocenters. The molecule has 0 aliphatic carbocycles. The highest BCUT2D eigenvalue weighted by atomic mass is 28.6. The highest BCUT2D eigenvalue weighted by molar-refractivity contribution is 7.01. The van der Waals surface area contributed by atoms with Crippen LogP contribution in [0.4, 0.5) is 0 Å². The second-order valence-electron chi connectivity index (χ2n) is 52.4. The Balaban J connectivity index is -0.00000183. The molecule has 0 saturated heterocycles. The van der Waals surface area contributed by atoms with E-state index < -0.39 is 255 Å². The minimum Gasteiger partial charge on any atom is -0.437 e. The van der Waals surface area contributed by atoms with Gasteiger partial charge < -0.3 is 107 Å². The first-order valence-corrected chi connectivity index (χ1v) is 133. The Bertz CT molecular complexity index is 2670. The van der Waals surface area contributed by atoms with E-state index in [1.54, 1.807) is 0 Å². The van der Waals surface area contributed by atoms with E-state index in [2.05, 4.69) is 399 Å². The highest BCUT2D eigenvalue weighted by Gasteiger charge is 2.71. The molecule has 0 fully saturated rings. The average molecular weight is 2260 g/mol. The molecule has 0 rings (SSSR count). The van der Waals surface area contributed by atoms with Crippen LogP contribution in [0.25, 0.3) is 0 Å². The summed E-state index contributed by atoms with van der Waals surface area (Å²) >= 11 is 0. The van der Waals surface area contributed by atoms with Crippen molar-refractivity contribution in [2.24, 2.45) is 0 Å². The zero-order valence-corrected chi connectivity index (χ0v) is 122. The summed E-state index contributed by atoms with van der Waals surface area (Å²) in [6, 6.07) is 0. The normalized spacial score (nSPS) is 16.3. The van der Waals surface area contributed by atoms with Gasteiger partial charge in [-0.3, -0.25) is 0 Å². The maximum Gasteiger partial charge on any atom is 0.640 e. The van der Waals surface area contributed by atoms with Gasteiger partial charge >= 0.3 is 105 Å². The lowest BCUT2D eigenvalue weighted by molar-refractivity contribution is 0.0476. The quantitative estimate of drug-likeness (QED) is 0.0514. The molecular formula is C67H200O26Si30. The van der Waals surface area contributed by atoms with E-state index in [9.17, 15) is 0 Å². The lowest BCUT2D eigenvalue weighted by Gasteiger charge is -2.49. The van der Waals surface area contributed by atoms with E-state index in [0.717, 1.165) is 5.67 Å². The summed E-state index contributed by atoms with van der Waals surface area (Å²) in [5.74, 6) is 0. The molecule has 123 heavy (non-hydrogen) atoms. The first-order chi connectivity index (χ1) is 52.1. The molecular weight excluding hydrogens is 2060 g/mol. The van der Waals surface area contributed by atoms with Gasteiger partial charge in [-0.25, -0.2) is 0 Å². The fourth-order valence-electron chi connectivity index (χ4n) is 13.4.